The molecule has 1 amide bonds. The first-order valence-corrected chi connectivity index (χ1v) is 11.4. The topological polar surface area (TPSA) is 64.1 Å². The van der Waals surface area contributed by atoms with E-state index in [0.717, 1.165) is 23.4 Å². The van der Waals surface area contributed by atoms with Crippen LogP contribution in [0.15, 0.2) is 36.4 Å². The van der Waals surface area contributed by atoms with Crippen molar-refractivity contribution in [3.63, 3.8) is 0 Å². The molecule has 180 valence electrons. The molecule has 0 atom stereocenters. The van der Waals surface area contributed by atoms with Crippen molar-refractivity contribution < 1.29 is 19.0 Å². The number of nitrogens with zero attached hydrogens (tertiary/aromatic N) is 3. The highest BCUT2D eigenvalue weighted by molar-refractivity contribution is 7.22. The van der Waals surface area contributed by atoms with Crippen molar-refractivity contribution in [2.45, 2.75) is 26.4 Å². The summed E-state index contributed by atoms with van der Waals surface area (Å²) in [6.45, 7) is 5.36. The molecule has 0 fully saturated rings. The van der Waals surface area contributed by atoms with Gasteiger partial charge in [-0.15, -0.1) is 12.4 Å². The zero-order valence-corrected chi connectivity index (χ0v) is 21.6. The zero-order valence-electron chi connectivity index (χ0n) is 20.0. The molecule has 0 bridgehead atoms. The highest BCUT2D eigenvalue weighted by Crippen LogP contribution is 2.40. The summed E-state index contributed by atoms with van der Waals surface area (Å²) in [4.78, 5) is 22.1. The minimum Gasteiger partial charge on any atom is -0.495 e. The van der Waals surface area contributed by atoms with Gasteiger partial charge in [0.15, 0.2) is 5.13 Å². The number of methoxy groups -OCH3 is 2. The summed E-state index contributed by atoms with van der Waals surface area (Å²) in [7, 11) is 7.28. The van der Waals surface area contributed by atoms with Crippen LogP contribution in [0.4, 0.5) is 5.13 Å². The average molecular weight is 494 g/mol. The van der Waals surface area contributed by atoms with E-state index < -0.39 is 0 Å². The number of carbonyl (C=O) groups is 1. The van der Waals surface area contributed by atoms with Gasteiger partial charge in [0.25, 0.3) is 5.91 Å². The van der Waals surface area contributed by atoms with Gasteiger partial charge in [-0.05, 0) is 77.3 Å². The second-order valence-corrected chi connectivity index (χ2v) is 8.93. The molecule has 0 aliphatic rings. The molecular formula is C24H32ClN3O4S. The van der Waals surface area contributed by atoms with Crippen molar-refractivity contribution in [3.8, 4) is 17.2 Å². The Hall–Kier alpha value is -2.55. The lowest BCUT2D eigenvalue weighted by Crippen LogP contribution is -2.33. The van der Waals surface area contributed by atoms with Crippen LogP contribution < -0.4 is 19.1 Å². The Labute approximate surface area is 205 Å². The van der Waals surface area contributed by atoms with Crippen LogP contribution in [0.25, 0.3) is 10.2 Å². The number of halogens is 1. The molecule has 0 spiro atoms. The number of aromatic nitrogens is 1. The van der Waals surface area contributed by atoms with Gasteiger partial charge in [-0.25, -0.2) is 4.98 Å². The summed E-state index contributed by atoms with van der Waals surface area (Å²) < 4.78 is 17.6. The Bertz CT molecular complexity index is 1010. The number of hydrogen-bond acceptors (Lipinski definition) is 7. The van der Waals surface area contributed by atoms with Gasteiger partial charge in [0, 0.05) is 12.1 Å². The van der Waals surface area contributed by atoms with Crippen LogP contribution in [0.2, 0.25) is 0 Å². The van der Waals surface area contributed by atoms with Crippen molar-refractivity contribution >= 4 is 45.0 Å². The largest absolute Gasteiger partial charge is 0.495 e. The Balaban J connectivity index is 0.00000385. The number of fused-ring (bicyclic) bond motifs is 1. The summed E-state index contributed by atoms with van der Waals surface area (Å²) in [5.74, 6) is 2.00. The summed E-state index contributed by atoms with van der Waals surface area (Å²) in [6.07, 6.45) is 0.893. The maximum absolute atomic E-state index is 13.5. The lowest BCUT2D eigenvalue weighted by molar-refractivity contribution is 0.0986. The molecule has 0 radical (unpaired) electrons. The van der Waals surface area contributed by atoms with Crippen LogP contribution in [0.5, 0.6) is 17.2 Å². The van der Waals surface area contributed by atoms with E-state index in [0.29, 0.717) is 34.3 Å². The monoisotopic (exact) mass is 493 g/mol. The lowest BCUT2D eigenvalue weighted by atomic mass is 10.2. The molecule has 33 heavy (non-hydrogen) atoms. The molecule has 0 saturated heterocycles. The SMILES string of the molecule is COc1ccc(OC)c2sc(N(CCCN(C)C)C(=O)c3ccc(OC(C)C)cc3)nc12.Cl. The lowest BCUT2D eigenvalue weighted by Gasteiger charge is -2.21. The highest BCUT2D eigenvalue weighted by Gasteiger charge is 2.23. The van der Waals surface area contributed by atoms with E-state index in [1.807, 2.05) is 52.2 Å². The maximum Gasteiger partial charge on any atom is 0.260 e. The molecule has 1 heterocycles. The van der Waals surface area contributed by atoms with Gasteiger partial charge >= 0.3 is 0 Å². The van der Waals surface area contributed by atoms with Gasteiger partial charge in [-0.3, -0.25) is 9.69 Å². The average Bonchev–Trinajstić information content (AvgIpc) is 3.20. The molecule has 0 unspecified atom stereocenters. The van der Waals surface area contributed by atoms with Crippen molar-refractivity contribution in [2.75, 3.05) is 46.3 Å². The Morgan fingerprint density at radius 3 is 2.21 bits per heavy atom. The number of benzene rings is 2. The number of ether oxygens (including phenoxy) is 3. The predicted octanol–water partition coefficient (Wildman–Crippen LogP) is 5.12. The third-order valence-corrected chi connectivity index (χ3v) is 5.93. The van der Waals surface area contributed by atoms with Gasteiger partial charge in [-0.2, -0.15) is 0 Å². The van der Waals surface area contributed by atoms with E-state index >= 15 is 0 Å². The van der Waals surface area contributed by atoms with Gasteiger partial charge in [0.05, 0.1) is 20.3 Å². The molecule has 0 N–H and O–H groups in total. The number of rotatable bonds is 10. The van der Waals surface area contributed by atoms with E-state index in [9.17, 15) is 4.79 Å². The Kier molecular flexibility index (Phi) is 9.76. The molecule has 2 aromatic carbocycles. The summed E-state index contributed by atoms with van der Waals surface area (Å²) >= 11 is 1.43. The fraction of sp³-hybridized carbons (Fsp3) is 0.417. The number of anilines is 1. The molecule has 0 aliphatic heterocycles. The van der Waals surface area contributed by atoms with E-state index in [-0.39, 0.29) is 24.4 Å². The Morgan fingerprint density at radius 2 is 1.64 bits per heavy atom. The third kappa shape index (κ3) is 6.50. The van der Waals surface area contributed by atoms with Gasteiger partial charge in [0.2, 0.25) is 0 Å². The second kappa shape index (κ2) is 12.1. The van der Waals surface area contributed by atoms with Crippen molar-refractivity contribution in [1.82, 2.24) is 9.88 Å². The molecule has 9 heteroatoms. The minimum atomic E-state index is -0.100. The van der Waals surface area contributed by atoms with E-state index in [1.54, 1.807) is 31.3 Å². The minimum absolute atomic E-state index is 0. The van der Waals surface area contributed by atoms with Crippen molar-refractivity contribution in [3.05, 3.63) is 42.0 Å². The zero-order chi connectivity index (χ0) is 23.3. The highest BCUT2D eigenvalue weighted by atomic mass is 35.5. The molecule has 0 saturated carbocycles. The molecule has 0 aliphatic carbocycles. The van der Waals surface area contributed by atoms with Crippen molar-refractivity contribution in [2.24, 2.45) is 0 Å². The fourth-order valence-corrected chi connectivity index (χ4v) is 4.42. The molecular weight excluding hydrogens is 462 g/mol. The number of carbonyl (C=O) groups excluding carboxylic acids is 1. The molecule has 7 nitrogen and oxygen atoms in total. The predicted molar refractivity (Wildman–Crippen MR) is 137 cm³/mol. The van der Waals surface area contributed by atoms with Crippen LogP contribution >= 0.6 is 23.7 Å². The first-order chi connectivity index (χ1) is 15.3. The molecule has 3 aromatic rings. The fourth-order valence-electron chi connectivity index (χ4n) is 3.32. The number of thiazole rings is 1. The molecule has 3 rings (SSSR count). The van der Waals surface area contributed by atoms with Crippen molar-refractivity contribution in [1.29, 1.82) is 0 Å². The van der Waals surface area contributed by atoms with Gasteiger partial charge < -0.3 is 19.1 Å². The first kappa shape index (κ1) is 26.7. The smallest absolute Gasteiger partial charge is 0.260 e. The van der Waals surface area contributed by atoms with Crippen LogP contribution in [-0.4, -0.2) is 63.3 Å². The van der Waals surface area contributed by atoms with Crippen LogP contribution in [-0.2, 0) is 0 Å². The normalized spacial score (nSPS) is 10.9. The van der Waals surface area contributed by atoms with Gasteiger partial charge in [-0.1, -0.05) is 11.3 Å². The third-order valence-electron chi connectivity index (χ3n) is 4.84. The van der Waals surface area contributed by atoms with E-state index in [2.05, 4.69) is 4.90 Å². The van der Waals surface area contributed by atoms with Crippen LogP contribution in [0.1, 0.15) is 30.6 Å². The van der Waals surface area contributed by atoms with E-state index in [1.165, 1.54) is 11.3 Å². The standard InChI is InChI=1S/C24H31N3O4S.ClH/c1-16(2)31-18-10-8-17(9-11-18)23(28)27(15-7-14-26(3)4)24-25-21-19(29-5)12-13-20(30-6)22(21)32-24;/h8-13,16H,7,14-15H2,1-6H3;1H. The van der Waals surface area contributed by atoms with Crippen LogP contribution in [0.3, 0.4) is 0 Å². The van der Waals surface area contributed by atoms with Crippen LogP contribution in [0, 0.1) is 0 Å². The van der Waals surface area contributed by atoms with E-state index in [4.69, 9.17) is 19.2 Å². The summed E-state index contributed by atoms with van der Waals surface area (Å²) in [5, 5.41) is 0.620. The second-order valence-electron chi connectivity index (χ2n) is 7.95. The summed E-state index contributed by atoms with van der Waals surface area (Å²) in [6, 6.07) is 10.9. The Morgan fingerprint density at radius 1 is 1.00 bits per heavy atom. The first-order valence-electron chi connectivity index (χ1n) is 10.6. The van der Waals surface area contributed by atoms with Gasteiger partial charge in [0.1, 0.15) is 27.5 Å². The number of hydrogen-bond donors (Lipinski definition) is 0. The molecule has 1 aromatic heterocycles. The maximum atomic E-state index is 13.5. The summed E-state index contributed by atoms with van der Waals surface area (Å²) in [5.41, 5.74) is 1.28. The quantitative estimate of drug-likeness (QED) is 0.390. The number of amides is 1.